The second-order valence-corrected chi connectivity index (χ2v) is 3.77. The smallest absolute Gasteiger partial charge is 0.163 e. The number of nitriles is 1. The van der Waals surface area contributed by atoms with E-state index < -0.39 is 0 Å². The molecule has 1 saturated heterocycles. The highest BCUT2D eigenvalue weighted by Gasteiger charge is 2.16. The molecule has 0 aliphatic carbocycles. The Morgan fingerprint density at radius 1 is 1.33 bits per heavy atom. The Morgan fingerprint density at radius 3 is 2.73 bits per heavy atom. The van der Waals surface area contributed by atoms with Crippen LogP contribution in [-0.4, -0.2) is 43.1 Å². The lowest BCUT2D eigenvalue weighted by molar-refractivity contribution is 0.312. The lowest BCUT2D eigenvalue weighted by Crippen LogP contribution is -2.44. The standard InChI is InChI=1S/C11H14N4/c1-14-5-7-15(8-6-14)11-3-2-4-13-10(11)9-12/h2-4H,5-8H2,1H3. The lowest BCUT2D eigenvalue weighted by atomic mass is 10.2. The van der Waals surface area contributed by atoms with Gasteiger partial charge in [-0.15, -0.1) is 0 Å². The number of rotatable bonds is 1. The summed E-state index contributed by atoms with van der Waals surface area (Å²) < 4.78 is 0. The largest absolute Gasteiger partial charge is 0.367 e. The van der Waals surface area contributed by atoms with Gasteiger partial charge in [0, 0.05) is 32.4 Å². The van der Waals surface area contributed by atoms with Gasteiger partial charge < -0.3 is 9.80 Å². The van der Waals surface area contributed by atoms with Crippen LogP contribution in [0.25, 0.3) is 0 Å². The molecule has 0 N–H and O–H groups in total. The summed E-state index contributed by atoms with van der Waals surface area (Å²) in [6, 6.07) is 5.99. The number of aromatic nitrogens is 1. The second-order valence-electron chi connectivity index (χ2n) is 3.77. The molecule has 0 unspecified atom stereocenters. The van der Waals surface area contributed by atoms with E-state index >= 15 is 0 Å². The average Bonchev–Trinajstić information content (AvgIpc) is 2.30. The number of pyridine rings is 1. The maximum atomic E-state index is 8.95. The van der Waals surface area contributed by atoms with Crippen molar-refractivity contribution in [1.82, 2.24) is 9.88 Å². The summed E-state index contributed by atoms with van der Waals surface area (Å²) >= 11 is 0. The molecule has 0 aromatic carbocycles. The van der Waals surface area contributed by atoms with Crippen LogP contribution in [0.2, 0.25) is 0 Å². The third-order valence-electron chi connectivity index (χ3n) is 2.74. The first-order chi connectivity index (χ1) is 7.31. The molecule has 2 heterocycles. The zero-order chi connectivity index (χ0) is 10.7. The number of hydrogen-bond donors (Lipinski definition) is 0. The average molecular weight is 202 g/mol. The molecule has 15 heavy (non-hydrogen) atoms. The van der Waals surface area contributed by atoms with Crippen molar-refractivity contribution in [3.63, 3.8) is 0 Å². The van der Waals surface area contributed by atoms with E-state index in [2.05, 4.69) is 27.9 Å². The maximum absolute atomic E-state index is 8.95. The first-order valence-corrected chi connectivity index (χ1v) is 5.10. The lowest BCUT2D eigenvalue weighted by Gasteiger charge is -2.34. The molecule has 4 heteroatoms. The Bertz CT molecular complexity index is 374. The number of anilines is 1. The zero-order valence-corrected chi connectivity index (χ0v) is 8.85. The topological polar surface area (TPSA) is 43.2 Å². The van der Waals surface area contributed by atoms with E-state index in [1.807, 2.05) is 12.1 Å². The molecule has 1 aromatic rings. The molecular formula is C11H14N4. The van der Waals surface area contributed by atoms with Crippen molar-refractivity contribution in [2.45, 2.75) is 0 Å². The summed E-state index contributed by atoms with van der Waals surface area (Å²) in [7, 11) is 2.12. The van der Waals surface area contributed by atoms with Crippen LogP contribution in [0.3, 0.4) is 0 Å². The number of hydrogen-bond acceptors (Lipinski definition) is 4. The van der Waals surface area contributed by atoms with E-state index in [4.69, 9.17) is 5.26 Å². The van der Waals surface area contributed by atoms with E-state index in [0.717, 1.165) is 31.9 Å². The maximum Gasteiger partial charge on any atom is 0.163 e. The molecule has 1 aliphatic heterocycles. The molecule has 1 aromatic heterocycles. The summed E-state index contributed by atoms with van der Waals surface area (Å²) in [6.45, 7) is 4.02. The molecule has 78 valence electrons. The van der Waals surface area contributed by atoms with Crippen LogP contribution < -0.4 is 4.90 Å². The van der Waals surface area contributed by atoms with Crippen LogP contribution >= 0.6 is 0 Å². The van der Waals surface area contributed by atoms with E-state index in [0.29, 0.717) is 5.69 Å². The number of piperazine rings is 1. The quantitative estimate of drug-likeness (QED) is 0.672. The fourth-order valence-corrected chi connectivity index (χ4v) is 1.79. The van der Waals surface area contributed by atoms with Gasteiger partial charge in [-0.05, 0) is 19.2 Å². The third kappa shape index (κ3) is 2.08. The van der Waals surface area contributed by atoms with Gasteiger partial charge in [-0.25, -0.2) is 4.98 Å². The van der Waals surface area contributed by atoms with Crippen LogP contribution in [-0.2, 0) is 0 Å². The van der Waals surface area contributed by atoms with Gasteiger partial charge in [0.05, 0.1) is 5.69 Å². The highest BCUT2D eigenvalue weighted by Crippen LogP contribution is 2.18. The van der Waals surface area contributed by atoms with Gasteiger partial charge in [-0.3, -0.25) is 0 Å². The summed E-state index contributed by atoms with van der Waals surface area (Å²) in [4.78, 5) is 8.59. The third-order valence-corrected chi connectivity index (χ3v) is 2.74. The van der Waals surface area contributed by atoms with Gasteiger partial charge in [-0.1, -0.05) is 0 Å². The fraction of sp³-hybridized carbons (Fsp3) is 0.455. The first-order valence-electron chi connectivity index (χ1n) is 5.10. The van der Waals surface area contributed by atoms with Crippen molar-refractivity contribution in [2.24, 2.45) is 0 Å². The van der Waals surface area contributed by atoms with Gasteiger partial charge in [-0.2, -0.15) is 5.26 Å². The minimum atomic E-state index is 0.530. The van der Waals surface area contributed by atoms with Gasteiger partial charge in [0.25, 0.3) is 0 Å². The summed E-state index contributed by atoms with van der Waals surface area (Å²) in [5, 5.41) is 8.95. The zero-order valence-electron chi connectivity index (χ0n) is 8.85. The molecule has 0 spiro atoms. The highest BCUT2D eigenvalue weighted by atomic mass is 15.2. The molecule has 1 fully saturated rings. The van der Waals surface area contributed by atoms with E-state index in [-0.39, 0.29) is 0 Å². The molecule has 0 amide bonds. The second kappa shape index (κ2) is 4.28. The van der Waals surface area contributed by atoms with Gasteiger partial charge in [0.15, 0.2) is 5.69 Å². The van der Waals surface area contributed by atoms with Crippen LogP contribution in [0, 0.1) is 11.3 Å². The van der Waals surface area contributed by atoms with E-state index in [9.17, 15) is 0 Å². The minimum absolute atomic E-state index is 0.530. The van der Waals surface area contributed by atoms with Crippen molar-refractivity contribution < 1.29 is 0 Å². The summed E-state index contributed by atoms with van der Waals surface area (Å²) in [5.41, 5.74) is 1.50. The Labute approximate surface area is 89.7 Å². The predicted molar refractivity (Wildman–Crippen MR) is 58.7 cm³/mol. The van der Waals surface area contributed by atoms with E-state index in [1.165, 1.54) is 0 Å². The Balaban J connectivity index is 2.19. The Morgan fingerprint density at radius 2 is 2.07 bits per heavy atom. The molecule has 0 saturated carbocycles. The number of nitrogens with zero attached hydrogens (tertiary/aromatic N) is 4. The molecule has 4 nitrogen and oxygen atoms in total. The monoisotopic (exact) mass is 202 g/mol. The van der Waals surface area contributed by atoms with Crippen molar-refractivity contribution >= 4 is 5.69 Å². The van der Waals surface area contributed by atoms with Crippen LogP contribution in [0.4, 0.5) is 5.69 Å². The van der Waals surface area contributed by atoms with Gasteiger partial charge in [0.2, 0.25) is 0 Å². The summed E-state index contributed by atoms with van der Waals surface area (Å²) in [5.74, 6) is 0. The fourth-order valence-electron chi connectivity index (χ4n) is 1.79. The molecule has 1 aliphatic rings. The Kier molecular flexibility index (Phi) is 2.84. The molecule has 0 bridgehead atoms. The van der Waals surface area contributed by atoms with Crippen LogP contribution in [0.15, 0.2) is 18.3 Å². The predicted octanol–water partition coefficient (Wildman–Crippen LogP) is 0.705. The van der Waals surface area contributed by atoms with Crippen LogP contribution in [0.1, 0.15) is 5.69 Å². The van der Waals surface area contributed by atoms with Crippen LogP contribution in [0.5, 0.6) is 0 Å². The minimum Gasteiger partial charge on any atom is -0.367 e. The molecule has 2 rings (SSSR count). The highest BCUT2D eigenvalue weighted by molar-refractivity contribution is 5.55. The van der Waals surface area contributed by atoms with Gasteiger partial charge in [0.1, 0.15) is 6.07 Å². The Hall–Kier alpha value is -1.60. The van der Waals surface area contributed by atoms with Crippen molar-refractivity contribution in [2.75, 3.05) is 38.1 Å². The van der Waals surface area contributed by atoms with Crippen molar-refractivity contribution in [3.05, 3.63) is 24.0 Å². The normalized spacial score (nSPS) is 17.5. The first kappa shape index (κ1) is 9.94. The van der Waals surface area contributed by atoms with Gasteiger partial charge >= 0.3 is 0 Å². The van der Waals surface area contributed by atoms with E-state index in [1.54, 1.807) is 6.20 Å². The summed E-state index contributed by atoms with van der Waals surface area (Å²) in [6.07, 6.45) is 1.66. The van der Waals surface area contributed by atoms with Crippen molar-refractivity contribution in [1.29, 1.82) is 5.26 Å². The SMILES string of the molecule is CN1CCN(c2cccnc2C#N)CC1. The van der Waals surface area contributed by atoms with Crippen molar-refractivity contribution in [3.8, 4) is 6.07 Å². The molecular weight excluding hydrogens is 188 g/mol. The molecule has 0 radical (unpaired) electrons. The number of likely N-dealkylation sites (N-methyl/N-ethyl adjacent to an activating group) is 1. The molecule has 0 atom stereocenters.